The van der Waals surface area contributed by atoms with Crippen molar-refractivity contribution in [3.05, 3.63) is 61.3 Å². The maximum atomic E-state index is 4.56. The number of anilines is 1. The lowest BCUT2D eigenvalue weighted by atomic mass is 10.1. The summed E-state index contributed by atoms with van der Waals surface area (Å²) < 4.78 is 2.07. The van der Waals surface area contributed by atoms with Gasteiger partial charge in [-0.3, -0.25) is 9.55 Å². The molecule has 4 heterocycles. The van der Waals surface area contributed by atoms with Gasteiger partial charge >= 0.3 is 0 Å². The third kappa shape index (κ3) is 2.50. The standard InChI is InChI=1S/C20H18N6/c1-2-11-25(10-1)20-23-13-15(14-24-20)19-22-9-12-26(19)18-7-3-6-17-16(18)5-4-8-21-17/h3-9,12-14H,1-2,10-11H2. The maximum absolute atomic E-state index is 4.56. The average molecular weight is 342 g/mol. The van der Waals surface area contributed by atoms with E-state index in [2.05, 4.69) is 41.5 Å². The van der Waals surface area contributed by atoms with Crippen molar-refractivity contribution in [1.82, 2.24) is 24.5 Å². The molecule has 1 aliphatic heterocycles. The molecule has 0 N–H and O–H groups in total. The Kier molecular flexibility index (Phi) is 3.59. The molecule has 6 heteroatoms. The van der Waals surface area contributed by atoms with Gasteiger partial charge in [0.25, 0.3) is 0 Å². The molecule has 0 amide bonds. The maximum Gasteiger partial charge on any atom is 0.225 e. The van der Waals surface area contributed by atoms with Gasteiger partial charge in [-0.05, 0) is 37.1 Å². The van der Waals surface area contributed by atoms with E-state index in [1.54, 1.807) is 6.20 Å². The van der Waals surface area contributed by atoms with Gasteiger partial charge in [0.1, 0.15) is 5.82 Å². The Balaban J connectivity index is 1.57. The highest BCUT2D eigenvalue weighted by molar-refractivity contribution is 5.87. The van der Waals surface area contributed by atoms with Crippen molar-refractivity contribution in [2.24, 2.45) is 0 Å². The molecule has 0 aliphatic carbocycles. The monoisotopic (exact) mass is 342 g/mol. The molecule has 6 nitrogen and oxygen atoms in total. The van der Waals surface area contributed by atoms with Crippen molar-refractivity contribution >= 4 is 16.9 Å². The molecule has 1 saturated heterocycles. The molecule has 0 unspecified atom stereocenters. The highest BCUT2D eigenvalue weighted by Crippen LogP contribution is 2.26. The number of aromatic nitrogens is 5. The van der Waals surface area contributed by atoms with E-state index in [0.29, 0.717) is 0 Å². The Labute approximate surface area is 151 Å². The SMILES string of the molecule is c1cc(-n2ccnc2-c2cnc(N3CCCC3)nc2)c2cccnc2c1. The van der Waals surface area contributed by atoms with Crippen molar-refractivity contribution in [2.45, 2.75) is 12.8 Å². The van der Waals surface area contributed by atoms with E-state index in [-0.39, 0.29) is 0 Å². The summed E-state index contributed by atoms with van der Waals surface area (Å²) in [6.07, 6.45) is 11.7. The van der Waals surface area contributed by atoms with E-state index in [0.717, 1.165) is 47.0 Å². The molecule has 128 valence electrons. The highest BCUT2D eigenvalue weighted by Gasteiger charge is 2.16. The second-order valence-electron chi connectivity index (χ2n) is 6.43. The topological polar surface area (TPSA) is 59.7 Å². The molecule has 4 aromatic rings. The molecule has 5 rings (SSSR count). The first-order valence-corrected chi connectivity index (χ1v) is 8.85. The van der Waals surface area contributed by atoms with Gasteiger partial charge in [-0.1, -0.05) is 6.07 Å². The molecule has 1 aromatic carbocycles. The minimum Gasteiger partial charge on any atom is -0.341 e. The van der Waals surface area contributed by atoms with Gasteiger partial charge in [0.05, 0.1) is 16.8 Å². The lowest BCUT2D eigenvalue weighted by molar-refractivity contribution is 0.897. The first-order valence-electron chi connectivity index (χ1n) is 8.85. The van der Waals surface area contributed by atoms with Gasteiger partial charge in [-0.2, -0.15) is 0 Å². The molecule has 26 heavy (non-hydrogen) atoms. The number of pyridine rings is 1. The van der Waals surface area contributed by atoms with E-state index in [1.165, 1.54) is 12.8 Å². The Bertz CT molecular complexity index is 1040. The zero-order chi connectivity index (χ0) is 17.3. The van der Waals surface area contributed by atoms with Crippen LogP contribution in [0.4, 0.5) is 5.95 Å². The molecule has 0 radical (unpaired) electrons. The summed E-state index contributed by atoms with van der Waals surface area (Å²) in [6.45, 7) is 2.08. The van der Waals surface area contributed by atoms with Crippen molar-refractivity contribution in [1.29, 1.82) is 0 Å². The zero-order valence-corrected chi connectivity index (χ0v) is 14.3. The number of fused-ring (bicyclic) bond motifs is 1. The second-order valence-corrected chi connectivity index (χ2v) is 6.43. The molecule has 0 atom stereocenters. The van der Waals surface area contributed by atoms with Crippen LogP contribution in [0.3, 0.4) is 0 Å². The summed E-state index contributed by atoms with van der Waals surface area (Å²) in [6, 6.07) is 10.1. The normalized spacial score (nSPS) is 14.2. The van der Waals surface area contributed by atoms with Crippen LogP contribution in [0.1, 0.15) is 12.8 Å². The van der Waals surface area contributed by atoms with Crippen molar-refractivity contribution < 1.29 is 0 Å². The van der Waals surface area contributed by atoms with Crippen molar-refractivity contribution in [2.75, 3.05) is 18.0 Å². The third-order valence-corrected chi connectivity index (χ3v) is 4.81. The summed E-state index contributed by atoms with van der Waals surface area (Å²) >= 11 is 0. The first kappa shape index (κ1) is 15.0. The summed E-state index contributed by atoms with van der Waals surface area (Å²) in [5.41, 5.74) is 2.91. The van der Waals surface area contributed by atoms with Gasteiger partial charge in [0, 0.05) is 49.5 Å². The Hall–Kier alpha value is -3.28. The molecular weight excluding hydrogens is 324 g/mol. The van der Waals surface area contributed by atoms with Gasteiger partial charge in [0.15, 0.2) is 0 Å². The van der Waals surface area contributed by atoms with E-state index < -0.39 is 0 Å². The minimum absolute atomic E-state index is 0.804. The lowest BCUT2D eigenvalue weighted by Crippen LogP contribution is -2.20. The molecule has 3 aromatic heterocycles. The zero-order valence-electron chi connectivity index (χ0n) is 14.3. The number of imidazole rings is 1. The van der Waals surface area contributed by atoms with Crippen LogP contribution in [-0.2, 0) is 0 Å². The molecule has 0 saturated carbocycles. The number of rotatable bonds is 3. The predicted octanol–water partition coefficient (Wildman–Crippen LogP) is 3.48. The lowest BCUT2D eigenvalue weighted by Gasteiger charge is -2.15. The fourth-order valence-electron chi connectivity index (χ4n) is 3.53. The summed E-state index contributed by atoms with van der Waals surface area (Å²) in [5, 5.41) is 1.09. The van der Waals surface area contributed by atoms with Crippen LogP contribution < -0.4 is 4.90 Å². The molecule has 1 aliphatic rings. The number of benzene rings is 1. The fourth-order valence-corrected chi connectivity index (χ4v) is 3.53. The van der Waals surface area contributed by atoms with Crippen molar-refractivity contribution in [3.8, 4) is 17.1 Å². The summed E-state index contributed by atoms with van der Waals surface area (Å²) in [4.78, 5) is 20.3. The smallest absolute Gasteiger partial charge is 0.225 e. The molecular formula is C20H18N6. The Morgan fingerprint density at radius 3 is 2.50 bits per heavy atom. The molecule has 1 fully saturated rings. The fraction of sp³-hybridized carbons (Fsp3) is 0.200. The summed E-state index contributed by atoms with van der Waals surface area (Å²) in [7, 11) is 0. The van der Waals surface area contributed by atoms with Crippen LogP contribution in [0.2, 0.25) is 0 Å². The van der Waals surface area contributed by atoms with Gasteiger partial charge in [-0.15, -0.1) is 0 Å². The predicted molar refractivity (Wildman–Crippen MR) is 101 cm³/mol. The van der Waals surface area contributed by atoms with Crippen LogP contribution in [-0.4, -0.2) is 37.6 Å². The van der Waals surface area contributed by atoms with E-state index >= 15 is 0 Å². The third-order valence-electron chi connectivity index (χ3n) is 4.81. The van der Waals surface area contributed by atoms with Crippen LogP contribution >= 0.6 is 0 Å². The van der Waals surface area contributed by atoms with Crippen molar-refractivity contribution in [3.63, 3.8) is 0 Å². The van der Waals surface area contributed by atoms with Gasteiger partial charge in [0.2, 0.25) is 5.95 Å². The largest absolute Gasteiger partial charge is 0.341 e. The van der Waals surface area contributed by atoms with E-state index in [9.17, 15) is 0 Å². The Morgan fingerprint density at radius 2 is 1.65 bits per heavy atom. The van der Waals surface area contributed by atoms with Crippen LogP contribution in [0.5, 0.6) is 0 Å². The minimum atomic E-state index is 0.804. The van der Waals surface area contributed by atoms with Crippen LogP contribution in [0.15, 0.2) is 61.3 Å². The first-order chi connectivity index (χ1) is 12.9. The number of hydrogen-bond acceptors (Lipinski definition) is 5. The highest BCUT2D eigenvalue weighted by atomic mass is 15.3. The van der Waals surface area contributed by atoms with Gasteiger partial charge in [-0.25, -0.2) is 15.0 Å². The molecule has 0 spiro atoms. The van der Waals surface area contributed by atoms with Gasteiger partial charge < -0.3 is 4.90 Å². The van der Waals surface area contributed by atoms with Crippen LogP contribution in [0.25, 0.3) is 28.0 Å². The average Bonchev–Trinajstić information content (AvgIpc) is 3.40. The Morgan fingerprint density at radius 1 is 0.808 bits per heavy atom. The quantitative estimate of drug-likeness (QED) is 0.570. The molecule has 0 bridgehead atoms. The summed E-state index contributed by atoms with van der Waals surface area (Å²) in [5.74, 6) is 1.63. The van der Waals surface area contributed by atoms with E-state index in [4.69, 9.17) is 0 Å². The second kappa shape index (κ2) is 6.22. The number of nitrogens with zero attached hydrogens (tertiary/aromatic N) is 6. The number of hydrogen-bond donors (Lipinski definition) is 0. The van der Waals surface area contributed by atoms with E-state index in [1.807, 2.05) is 43.0 Å². The van der Waals surface area contributed by atoms with Crippen LogP contribution in [0, 0.1) is 0 Å².